The molecule has 0 radical (unpaired) electrons. The third kappa shape index (κ3) is 3.28. The number of hydrogen-bond donors (Lipinski definition) is 1. The zero-order valence-electron chi connectivity index (χ0n) is 12.6. The first-order chi connectivity index (χ1) is 10.1. The summed E-state index contributed by atoms with van der Waals surface area (Å²) in [7, 11) is 1.34. The molecule has 0 fully saturated rings. The van der Waals surface area contributed by atoms with Crippen LogP contribution < -0.4 is 0 Å². The van der Waals surface area contributed by atoms with E-state index in [1.165, 1.54) is 13.4 Å². The predicted octanol–water partition coefficient (Wildman–Crippen LogP) is 1.35. The summed E-state index contributed by atoms with van der Waals surface area (Å²) in [4.78, 5) is 11.8. The summed E-state index contributed by atoms with van der Waals surface area (Å²) in [5.74, 6) is -0.696. The number of aliphatic hydroxyl groups excluding tert-OH is 1. The minimum absolute atomic E-state index is 0.0815. The Morgan fingerprint density at radius 3 is 2.95 bits per heavy atom. The van der Waals surface area contributed by atoms with Gasteiger partial charge >= 0.3 is 5.97 Å². The van der Waals surface area contributed by atoms with Gasteiger partial charge in [0.05, 0.1) is 31.5 Å². The SMILES string of the molecule is CCOC(C)O[C@@H]1OC=C(C(=O)OC)[C@H]2CC=C(CO)[C@@H]12. The molecule has 6 nitrogen and oxygen atoms in total. The summed E-state index contributed by atoms with van der Waals surface area (Å²) in [6.07, 6.45) is 3.00. The third-order valence-electron chi connectivity index (χ3n) is 3.85. The number of allylic oxidation sites excluding steroid dienone is 1. The van der Waals surface area contributed by atoms with Gasteiger partial charge in [0.1, 0.15) is 0 Å². The number of ether oxygens (including phenoxy) is 4. The van der Waals surface area contributed by atoms with Gasteiger partial charge in [-0.05, 0) is 25.8 Å². The van der Waals surface area contributed by atoms with E-state index in [0.717, 1.165) is 5.57 Å². The molecule has 0 aromatic rings. The van der Waals surface area contributed by atoms with Crippen LogP contribution in [-0.4, -0.2) is 44.0 Å². The molecule has 2 aliphatic rings. The van der Waals surface area contributed by atoms with Crippen LogP contribution in [-0.2, 0) is 23.7 Å². The Hall–Kier alpha value is -1.37. The van der Waals surface area contributed by atoms with Crippen LogP contribution in [0.5, 0.6) is 0 Å². The summed E-state index contributed by atoms with van der Waals surface area (Å²) in [6.45, 7) is 4.13. The molecule has 0 bridgehead atoms. The van der Waals surface area contributed by atoms with E-state index in [1.54, 1.807) is 6.92 Å². The maximum atomic E-state index is 11.8. The predicted molar refractivity (Wildman–Crippen MR) is 73.9 cm³/mol. The van der Waals surface area contributed by atoms with Crippen molar-refractivity contribution in [2.45, 2.75) is 32.8 Å². The second-order valence-electron chi connectivity index (χ2n) is 5.03. The molecule has 0 saturated carbocycles. The molecular weight excluding hydrogens is 276 g/mol. The van der Waals surface area contributed by atoms with E-state index in [2.05, 4.69) is 0 Å². The van der Waals surface area contributed by atoms with Gasteiger partial charge < -0.3 is 24.1 Å². The van der Waals surface area contributed by atoms with E-state index in [9.17, 15) is 9.90 Å². The molecule has 4 atom stereocenters. The highest BCUT2D eigenvalue weighted by Gasteiger charge is 2.45. The minimum atomic E-state index is -0.578. The topological polar surface area (TPSA) is 74.2 Å². The van der Waals surface area contributed by atoms with Crippen molar-refractivity contribution in [1.82, 2.24) is 0 Å². The average Bonchev–Trinajstić information content (AvgIpc) is 2.91. The number of carbonyl (C=O) groups excluding carboxylic acids is 1. The first kappa shape index (κ1) is 16.0. The molecule has 2 rings (SSSR count). The van der Waals surface area contributed by atoms with Crippen LogP contribution in [0.1, 0.15) is 20.3 Å². The van der Waals surface area contributed by atoms with Crippen molar-refractivity contribution < 1.29 is 28.8 Å². The molecule has 0 aromatic carbocycles. The van der Waals surface area contributed by atoms with E-state index in [-0.39, 0.29) is 18.4 Å². The zero-order valence-corrected chi connectivity index (χ0v) is 12.6. The van der Waals surface area contributed by atoms with Gasteiger partial charge in [0, 0.05) is 12.5 Å². The Bertz CT molecular complexity index is 441. The summed E-state index contributed by atoms with van der Waals surface area (Å²) in [5, 5.41) is 9.50. The van der Waals surface area contributed by atoms with Crippen molar-refractivity contribution in [2.75, 3.05) is 20.3 Å². The van der Waals surface area contributed by atoms with E-state index in [0.29, 0.717) is 18.6 Å². The van der Waals surface area contributed by atoms with Gasteiger partial charge in [-0.25, -0.2) is 4.79 Å². The smallest absolute Gasteiger partial charge is 0.337 e. The summed E-state index contributed by atoms with van der Waals surface area (Å²) in [6, 6.07) is 0. The van der Waals surface area contributed by atoms with Crippen molar-refractivity contribution in [3.8, 4) is 0 Å². The Labute approximate surface area is 124 Å². The van der Waals surface area contributed by atoms with E-state index in [1.807, 2.05) is 13.0 Å². The first-order valence-corrected chi connectivity index (χ1v) is 7.13. The molecule has 21 heavy (non-hydrogen) atoms. The van der Waals surface area contributed by atoms with E-state index >= 15 is 0 Å². The van der Waals surface area contributed by atoms with Gasteiger partial charge in [-0.2, -0.15) is 0 Å². The van der Waals surface area contributed by atoms with Crippen LogP contribution in [0.2, 0.25) is 0 Å². The van der Waals surface area contributed by atoms with Crippen LogP contribution in [0.25, 0.3) is 0 Å². The molecule has 1 heterocycles. The maximum Gasteiger partial charge on any atom is 0.337 e. The van der Waals surface area contributed by atoms with Crippen molar-refractivity contribution in [3.63, 3.8) is 0 Å². The fourth-order valence-corrected chi connectivity index (χ4v) is 2.88. The molecular formula is C15H22O6. The largest absolute Gasteiger partial charge is 0.471 e. The Morgan fingerprint density at radius 1 is 1.57 bits per heavy atom. The number of hydrogen-bond acceptors (Lipinski definition) is 6. The summed E-state index contributed by atoms with van der Waals surface area (Å²) >= 11 is 0. The first-order valence-electron chi connectivity index (χ1n) is 7.13. The van der Waals surface area contributed by atoms with Crippen LogP contribution in [0.3, 0.4) is 0 Å². The van der Waals surface area contributed by atoms with Crippen molar-refractivity contribution in [3.05, 3.63) is 23.5 Å². The number of aliphatic hydroxyl groups is 1. The molecule has 0 spiro atoms. The molecule has 1 unspecified atom stereocenters. The van der Waals surface area contributed by atoms with Crippen molar-refractivity contribution in [2.24, 2.45) is 11.8 Å². The highest BCUT2D eigenvalue weighted by molar-refractivity contribution is 5.89. The quantitative estimate of drug-likeness (QED) is 0.453. The Kier molecular flexibility index (Phi) is 5.39. The summed E-state index contributed by atoms with van der Waals surface area (Å²) < 4.78 is 21.4. The third-order valence-corrected chi connectivity index (χ3v) is 3.85. The van der Waals surface area contributed by atoms with Crippen molar-refractivity contribution in [1.29, 1.82) is 0 Å². The van der Waals surface area contributed by atoms with Gasteiger partial charge in [-0.3, -0.25) is 0 Å². The molecule has 0 amide bonds. The lowest BCUT2D eigenvalue weighted by atomic mass is 9.83. The van der Waals surface area contributed by atoms with E-state index in [4.69, 9.17) is 18.9 Å². The van der Waals surface area contributed by atoms with Crippen LogP contribution in [0.4, 0.5) is 0 Å². The lowest BCUT2D eigenvalue weighted by Gasteiger charge is -2.35. The highest BCUT2D eigenvalue weighted by atomic mass is 16.8. The fourth-order valence-electron chi connectivity index (χ4n) is 2.88. The normalized spacial score (nSPS) is 29.0. The molecule has 1 N–H and O–H groups in total. The van der Waals surface area contributed by atoms with Gasteiger partial charge in [-0.15, -0.1) is 0 Å². The van der Waals surface area contributed by atoms with Gasteiger partial charge in [0.2, 0.25) is 6.29 Å². The Balaban J connectivity index is 2.18. The van der Waals surface area contributed by atoms with Crippen molar-refractivity contribution >= 4 is 5.97 Å². The lowest BCUT2D eigenvalue weighted by Crippen LogP contribution is -2.39. The van der Waals surface area contributed by atoms with Gasteiger partial charge in [0.15, 0.2) is 6.29 Å². The monoisotopic (exact) mass is 298 g/mol. The number of fused-ring (bicyclic) bond motifs is 1. The number of rotatable bonds is 6. The van der Waals surface area contributed by atoms with Crippen LogP contribution in [0.15, 0.2) is 23.5 Å². The molecule has 0 aromatic heterocycles. The molecule has 1 aliphatic carbocycles. The minimum Gasteiger partial charge on any atom is -0.471 e. The highest BCUT2D eigenvalue weighted by Crippen LogP contribution is 2.43. The van der Waals surface area contributed by atoms with E-state index < -0.39 is 18.5 Å². The number of methoxy groups -OCH3 is 1. The average molecular weight is 298 g/mol. The molecule has 118 valence electrons. The standard InChI is InChI=1S/C15H22O6/c1-4-19-9(2)21-15-13-10(7-16)5-6-11(13)12(8-20-15)14(17)18-3/h5,8-9,11,13,15-16H,4,6-7H2,1-3H3/t9?,11-,13-,15+/m1/s1. The van der Waals surface area contributed by atoms with Gasteiger partial charge in [0.25, 0.3) is 0 Å². The molecule has 1 aliphatic heterocycles. The Morgan fingerprint density at radius 2 is 2.33 bits per heavy atom. The van der Waals surface area contributed by atoms with Crippen LogP contribution >= 0.6 is 0 Å². The lowest BCUT2D eigenvalue weighted by molar-refractivity contribution is -0.242. The molecule has 0 saturated heterocycles. The summed E-state index contributed by atoms with van der Waals surface area (Å²) in [5.41, 5.74) is 1.30. The second kappa shape index (κ2) is 7.06. The fraction of sp³-hybridized carbons (Fsp3) is 0.667. The molecule has 6 heteroatoms. The van der Waals surface area contributed by atoms with Crippen LogP contribution in [0, 0.1) is 11.8 Å². The second-order valence-corrected chi connectivity index (χ2v) is 5.03. The number of carbonyl (C=O) groups is 1. The number of esters is 1. The zero-order chi connectivity index (χ0) is 15.4. The maximum absolute atomic E-state index is 11.8. The van der Waals surface area contributed by atoms with Gasteiger partial charge in [-0.1, -0.05) is 6.08 Å².